The predicted molar refractivity (Wildman–Crippen MR) is 127 cm³/mol. The second-order valence-electron chi connectivity index (χ2n) is 9.49. The van der Waals surface area contributed by atoms with Crippen molar-refractivity contribution >= 4 is 29.9 Å². The van der Waals surface area contributed by atoms with Gasteiger partial charge in [-0.3, -0.25) is 0 Å². The van der Waals surface area contributed by atoms with Gasteiger partial charge in [0.15, 0.2) is 29.0 Å². The third kappa shape index (κ3) is 4.15. The maximum atomic E-state index is 15.8. The lowest BCUT2D eigenvalue weighted by molar-refractivity contribution is 0.404. The van der Waals surface area contributed by atoms with Crippen molar-refractivity contribution in [2.24, 2.45) is 0 Å². The van der Waals surface area contributed by atoms with E-state index in [1.807, 2.05) is 0 Å². The van der Waals surface area contributed by atoms with Gasteiger partial charge in [0.25, 0.3) is 8.32 Å². The van der Waals surface area contributed by atoms with Gasteiger partial charge in [0.05, 0.1) is 27.6 Å². The van der Waals surface area contributed by atoms with Gasteiger partial charge in [0, 0.05) is 6.04 Å². The summed E-state index contributed by atoms with van der Waals surface area (Å²) >= 11 is 0. The summed E-state index contributed by atoms with van der Waals surface area (Å²) in [6.07, 6.45) is 0. The normalized spacial score (nSPS) is 12.4. The van der Waals surface area contributed by atoms with E-state index in [0.717, 1.165) is 5.56 Å². The van der Waals surface area contributed by atoms with E-state index in [0.29, 0.717) is 0 Å². The number of hydrogen-bond donors (Lipinski definition) is 0. The molecule has 0 amide bonds. The molecule has 0 unspecified atom stereocenters. The SMILES string of the molecule is CC(C)[Si](Cc1ccccc1)(Oc1c(F)c(F)c2c(F)c3c(F)[c]c(F)c(F)c3c(F)c2c1F)C(C)C. The van der Waals surface area contributed by atoms with E-state index < -0.39 is 82.1 Å². The smallest absolute Gasteiger partial charge is 0.260 e. The van der Waals surface area contributed by atoms with E-state index in [4.69, 9.17) is 4.43 Å². The monoisotopic (exact) mass is 541 g/mol. The van der Waals surface area contributed by atoms with Crippen molar-refractivity contribution in [3.05, 3.63) is 88.5 Å². The van der Waals surface area contributed by atoms with E-state index in [1.165, 1.54) is 6.07 Å². The minimum atomic E-state index is -3.28. The van der Waals surface area contributed by atoms with Crippen molar-refractivity contribution < 1.29 is 39.5 Å². The van der Waals surface area contributed by atoms with Crippen LogP contribution < -0.4 is 4.43 Å². The molecule has 0 bridgehead atoms. The molecule has 4 aromatic rings. The first-order chi connectivity index (χ1) is 17.3. The largest absolute Gasteiger partial charge is 0.539 e. The van der Waals surface area contributed by atoms with Crippen molar-refractivity contribution in [3.8, 4) is 5.75 Å². The fraction of sp³-hybridized carbons (Fsp3) is 0.259. The van der Waals surface area contributed by atoms with Crippen molar-refractivity contribution in [3.63, 3.8) is 0 Å². The second-order valence-corrected chi connectivity index (χ2v) is 14.3. The summed E-state index contributed by atoms with van der Waals surface area (Å²) in [6.45, 7) is 7.09. The lowest BCUT2D eigenvalue weighted by Crippen LogP contribution is -2.51. The Morgan fingerprint density at radius 1 is 0.622 bits per heavy atom. The molecule has 0 aliphatic heterocycles. The minimum Gasteiger partial charge on any atom is -0.539 e. The van der Waals surface area contributed by atoms with Crippen LogP contribution in [0.2, 0.25) is 11.1 Å². The van der Waals surface area contributed by atoms with Gasteiger partial charge in [0.2, 0.25) is 5.82 Å². The molecule has 4 rings (SSSR count). The highest BCUT2D eigenvalue weighted by atomic mass is 28.4. The molecule has 0 spiro atoms. The molecule has 0 heterocycles. The van der Waals surface area contributed by atoms with Crippen LogP contribution in [0.15, 0.2) is 30.3 Å². The van der Waals surface area contributed by atoms with Gasteiger partial charge < -0.3 is 4.43 Å². The van der Waals surface area contributed by atoms with Crippen LogP contribution in [0, 0.1) is 52.6 Å². The standard InChI is InChI=1S/C27H21F8OSi/c1-12(2)37(13(3)4,11-14-8-6-5-7-9-14)36-27-25(34)20-19(24(33)26(27)35)22(31)17-15(28)10-16(29)21(30)18(17)23(20)32/h5-9,12-13H,11H2,1-4H3. The fourth-order valence-corrected chi connectivity index (χ4v) is 8.92. The Hall–Kier alpha value is -3.14. The zero-order chi connectivity index (χ0) is 27.4. The average Bonchev–Trinajstić information content (AvgIpc) is 2.84. The summed E-state index contributed by atoms with van der Waals surface area (Å²) < 4.78 is 125. The molecule has 0 fully saturated rings. The first-order valence-electron chi connectivity index (χ1n) is 11.4. The van der Waals surface area contributed by atoms with Gasteiger partial charge in [-0.05, 0) is 16.6 Å². The van der Waals surface area contributed by atoms with Gasteiger partial charge in [0.1, 0.15) is 17.5 Å². The van der Waals surface area contributed by atoms with E-state index in [-0.39, 0.29) is 17.1 Å². The van der Waals surface area contributed by atoms with Crippen LogP contribution in [-0.2, 0) is 6.04 Å². The summed E-state index contributed by atoms with van der Waals surface area (Å²) in [4.78, 5) is 0. The van der Waals surface area contributed by atoms with Crippen molar-refractivity contribution in [2.75, 3.05) is 0 Å². The highest BCUT2D eigenvalue weighted by molar-refractivity contribution is 6.76. The quantitative estimate of drug-likeness (QED) is 0.103. The predicted octanol–water partition coefficient (Wildman–Crippen LogP) is 8.83. The molecule has 0 aromatic heterocycles. The fourth-order valence-electron chi connectivity index (χ4n) is 4.80. The Balaban J connectivity index is 2.06. The molecule has 0 aliphatic rings. The second kappa shape index (κ2) is 9.63. The Kier molecular flexibility index (Phi) is 7.00. The molecule has 0 aliphatic carbocycles. The van der Waals surface area contributed by atoms with Gasteiger partial charge in [-0.1, -0.05) is 58.0 Å². The molecule has 0 saturated carbocycles. The van der Waals surface area contributed by atoms with Gasteiger partial charge in [-0.25, -0.2) is 30.7 Å². The van der Waals surface area contributed by atoms with Crippen molar-refractivity contribution in [1.29, 1.82) is 0 Å². The molecule has 0 N–H and O–H groups in total. The lowest BCUT2D eigenvalue weighted by atomic mass is 9.99. The zero-order valence-corrected chi connectivity index (χ0v) is 21.2. The molecular weight excluding hydrogens is 520 g/mol. The number of fused-ring (bicyclic) bond motifs is 2. The molecule has 10 heteroatoms. The zero-order valence-electron chi connectivity index (χ0n) is 20.2. The molecule has 0 saturated heterocycles. The molecule has 1 radical (unpaired) electrons. The maximum absolute atomic E-state index is 15.8. The number of rotatable bonds is 6. The molecule has 195 valence electrons. The Morgan fingerprint density at radius 2 is 1.14 bits per heavy atom. The van der Waals surface area contributed by atoms with Crippen LogP contribution in [0.3, 0.4) is 0 Å². The average molecular weight is 542 g/mol. The van der Waals surface area contributed by atoms with Crippen LogP contribution in [0.25, 0.3) is 21.5 Å². The topological polar surface area (TPSA) is 9.23 Å². The van der Waals surface area contributed by atoms with Gasteiger partial charge in [-0.2, -0.15) is 4.39 Å². The number of halogens is 8. The van der Waals surface area contributed by atoms with Crippen LogP contribution in [0.1, 0.15) is 33.3 Å². The van der Waals surface area contributed by atoms with E-state index >= 15 is 22.0 Å². The Labute approximate surface area is 208 Å². The maximum Gasteiger partial charge on any atom is 0.260 e. The van der Waals surface area contributed by atoms with Crippen molar-refractivity contribution in [2.45, 2.75) is 44.8 Å². The summed E-state index contributed by atoms with van der Waals surface area (Å²) in [7, 11) is -3.28. The summed E-state index contributed by atoms with van der Waals surface area (Å²) in [5.41, 5.74) is 0.199. The van der Waals surface area contributed by atoms with Crippen LogP contribution in [0.5, 0.6) is 5.75 Å². The van der Waals surface area contributed by atoms with Crippen molar-refractivity contribution in [1.82, 2.24) is 0 Å². The summed E-state index contributed by atoms with van der Waals surface area (Å²) in [6, 6.07) is 10.3. The van der Waals surface area contributed by atoms with Gasteiger partial charge >= 0.3 is 0 Å². The number of hydrogen-bond acceptors (Lipinski definition) is 1. The van der Waals surface area contributed by atoms with Crippen LogP contribution in [0.4, 0.5) is 35.1 Å². The molecule has 37 heavy (non-hydrogen) atoms. The molecule has 1 nitrogen and oxygen atoms in total. The minimum absolute atomic E-state index is 0.247. The Bertz CT molecular complexity index is 1510. The molecule has 4 aromatic carbocycles. The number of benzene rings is 4. The van der Waals surface area contributed by atoms with Crippen LogP contribution >= 0.6 is 0 Å². The summed E-state index contributed by atoms with van der Waals surface area (Å²) in [5.74, 6) is -17.1. The first-order valence-corrected chi connectivity index (χ1v) is 13.7. The summed E-state index contributed by atoms with van der Waals surface area (Å²) in [5, 5.41) is -6.21. The van der Waals surface area contributed by atoms with E-state index in [2.05, 4.69) is 0 Å². The van der Waals surface area contributed by atoms with E-state index in [9.17, 15) is 13.2 Å². The molecular formula is C27H21F8OSi. The van der Waals surface area contributed by atoms with E-state index in [1.54, 1.807) is 58.0 Å². The third-order valence-electron chi connectivity index (χ3n) is 6.83. The lowest BCUT2D eigenvalue weighted by Gasteiger charge is -2.39. The molecule has 0 atom stereocenters. The highest BCUT2D eigenvalue weighted by Crippen LogP contribution is 2.44. The van der Waals surface area contributed by atoms with Gasteiger partial charge in [-0.15, -0.1) is 0 Å². The van der Waals surface area contributed by atoms with Crippen LogP contribution in [-0.4, -0.2) is 8.32 Å². The highest BCUT2D eigenvalue weighted by Gasteiger charge is 2.46. The third-order valence-corrected chi connectivity index (χ3v) is 12.3. The Morgan fingerprint density at radius 3 is 1.70 bits per heavy atom. The first kappa shape index (κ1) is 26.9.